The Hall–Kier alpha value is -2.58. The molecule has 0 aliphatic heterocycles. The second kappa shape index (κ2) is 34.5. The van der Waals surface area contributed by atoms with E-state index in [0.717, 1.165) is 12.8 Å². The van der Waals surface area contributed by atoms with Crippen LogP contribution in [0.15, 0.2) is 12.1 Å². The van der Waals surface area contributed by atoms with Crippen LogP contribution >= 0.6 is 0 Å². The molecule has 298 valence electrons. The lowest BCUT2D eigenvalue weighted by atomic mass is 10.2. The minimum atomic E-state index is -0.565. The summed E-state index contributed by atoms with van der Waals surface area (Å²) in [7, 11) is 1.64. The third-order valence-corrected chi connectivity index (χ3v) is 6.87. The van der Waals surface area contributed by atoms with Gasteiger partial charge in [0.05, 0.1) is 119 Å². The molecule has 2 N–H and O–H groups in total. The van der Waals surface area contributed by atoms with Gasteiger partial charge in [-0.25, -0.2) is 4.79 Å². The minimum absolute atomic E-state index is 0.00977. The number of hydrogen-bond acceptors (Lipinski definition) is 15. The van der Waals surface area contributed by atoms with Gasteiger partial charge in [0.1, 0.15) is 0 Å². The maximum Gasteiger partial charge on any atom is 0.333 e. The third-order valence-electron chi connectivity index (χ3n) is 6.87. The first-order valence-electron chi connectivity index (χ1n) is 17.7. The molecule has 0 saturated heterocycles. The molecule has 1 heterocycles. The highest BCUT2D eigenvalue weighted by Crippen LogP contribution is 2.19. The van der Waals surface area contributed by atoms with Crippen molar-refractivity contribution in [2.75, 3.05) is 146 Å². The van der Waals surface area contributed by atoms with Gasteiger partial charge in [-0.05, 0) is 19.3 Å². The number of aromatic nitrogens is 1. The Morgan fingerprint density at radius 1 is 0.529 bits per heavy atom. The van der Waals surface area contributed by atoms with Gasteiger partial charge in [0.2, 0.25) is 17.7 Å². The van der Waals surface area contributed by atoms with Crippen LogP contribution < -0.4 is 4.84 Å². The SMILES string of the molecule is COCCOCCOCCOCCOCCOCCOCCOCCOCCOCCCN(CCCCCC(=O)On1c(O)ccc1O)C(C)=O. The van der Waals surface area contributed by atoms with Gasteiger partial charge in [0.15, 0.2) is 0 Å². The molecule has 17 nitrogen and oxygen atoms in total. The number of carbonyl (C=O) groups is 2. The Bertz CT molecular complexity index is 933. The van der Waals surface area contributed by atoms with E-state index in [-0.39, 0.29) is 24.1 Å². The second-order valence-electron chi connectivity index (χ2n) is 11.0. The van der Waals surface area contributed by atoms with E-state index in [9.17, 15) is 19.8 Å². The molecular weight excluding hydrogens is 676 g/mol. The standard InChI is InChI=1S/C34H62N2O15/c1-31(37)35(10-5-3-4-7-34(40)51-36-32(38)8-9-33(36)39)11-6-12-42-15-16-44-19-20-46-23-24-48-27-28-50-30-29-49-26-25-47-22-21-45-18-17-43-14-13-41-2/h8-9,38-39H,3-7,10-30H2,1-2H3. The number of methoxy groups -OCH3 is 1. The van der Waals surface area contributed by atoms with Crippen molar-refractivity contribution in [2.24, 2.45) is 0 Å². The van der Waals surface area contributed by atoms with Crippen molar-refractivity contribution in [1.29, 1.82) is 0 Å². The van der Waals surface area contributed by atoms with Crippen molar-refractivity contribution in [1.82, 2.24) is 9.63 Å². The smallest absolute Gasteiger partial charge is 0.333 e. The Kier molecular flexibility index (Phi) is 31.4. The van der Waals surface area contributed by atoms with Crippen LogP contribution in [0.4, 0.5) is 0 Å². The van der Waals surface area contributed by atoms with Crippen molar-refractivity contribution in [2.45, 2.75) is 39.0 Å². The average Bonchev–Trinajstić information content (AvgIpc) is 3.43. The van der Waals surface area contributed by atoms with Crippen molar-refractivity contribution in [3.63, 3.8) is 0 Å². The highest BCUT2D eigenvalue weighted by Gasteiger charge is 2.12. The molecule has 0 atom stereocenters. The van der Waals surface area contributed by atoms with Crippen LogP contribution in [-0.4, -0.2) is 177 Å². The number of aromatic hydroxyl groups is 2. The van der Waals surface area contributed by atoms with Gasteiger partial charge < -0.3 is 67.3 Å². The molecule has 0 aliphatic carbocycles. The summed E-state index contributed by atoms with van der Waals surface area (Å²) in [6.07, 6.45) is 2.86. The number of nitrogens with zero attached hydrogens (tertiary/aromatic N) is 2. The van der Waals surface area contributed by atoms with Gasteiger partial charge in [0, 0.05) is 52.3 Å². The molecule has 1 aromatic rings. The van der Waals surface area contributed by atoms with E-state index in [0.29, 0.717) is 156 Å². The van der Waals surface area contributed by atoms with Crippen LogP contribution in [0.3, 0.4) is 0 Å². The lowest BCUT2D eigenvalue weighted by molar-refractivity contribution is -0.145. The second-order valence-corrected chi connectivity index (χ2v) is 11.0. The van der Waals surface area contributed by atoms with E-state index < -0.39 is 5.97 Å². The van der Waals surface area contributed by atoms with Crippen molar-refractivity contribution < 1.29 is 72.0 Å². The fourth-order valence-corrected chi connectivity index (χ4v) is 4.18. The quantitative estimate of drug-likeness (QED) is 0.0929. The molecule has 0 spiro atoms. The zero-order valence-electron chi connectivity index (χ0n) is 30.6. The summed E-state index contributed by atoms with van der Waals surface area (Å²) < 4.78 is 54.7. The predicted octanol–water partition coefficient (Wildman–Crippen LogP) is 1.45. The molecule has 1 aromatic heterocycles. The molecular formula is C34H62N2O15. The van der Waals surface area contributed by atoms with Gasteiger partial charge in [-0.1, -0.05) is 6.42 Å². The van der Waals surface area contributed by atoms with Crippen LogP contribution in [0.25, 0.3) is 0 Å². The molecule has 0 bridgehead atoms. The number of rotatable bonds is 38. The van der Waals surface area contributed by atoms with Crippen LogP contribution in [0.1, 0.15) is 39.0 Å². The minimum Gasteiger partial charge on any atom is -0.492 e. The molecule has 0 saturated carbocycles. The Morgan fingerprint density at radius 2 is 0.882 bits per heavy atom. The van der Waals surface area contributed by atoms with Crippen molar-refractivity contribution in [3.05, 3.63) is 12.1 Å². The molecule has 0 unspecified atom stereocenters. The molecule has 17 heteroatoms. The number of ether oxygens (including phenoxy) is 10. The van der Waals surface area contributed by atoms with Crippen LogP contribution in [0, 0.1) is 0 Å². The summed E-state index contributed by atoms with van der Waals surface area (Å²) in [6.45, 7) is 12.2. The monoisotopic (exact) mass is 738 g/mol. The first-order chi connectivity index (χ1) is 25.0. The van der Waals surface area contributed by atoms with Gasteiger partial charge in [-0.3, -0.25) is 4.79 Å². The number of carbonyl (C=O) groups excluding carboxylic acids is 2. The van der Waals surface area contributed by atoms with Crippen LogP contribution in [0.5, 0.6) is 11.8 Å². The first-order valence-corrected chi connectivity index (χ1v) is 17.7. The summed E-state index contributed by atoms with van der Waals surface area (Å²) in [6, 6.07) is 2.44. The van der Waals surface area contributed by atoms with E-state index in [1.54, 1.807) is 12.0 Å². The predicted molar refractivity (Wildman–Crippen MR) is 184 cm³/mol. The molecule has 1 amide bonds. The number of amides is 1. The van der Waals surface area contributed by atoms with E-state index in [4.69, 9.17) is 52.2 Å². The molecule has 0 radical (unpaired) electrons. The first kappa shape index (κ1) is 46.4. The molecule has 0 aromatic carbocycles. The van der Waals surface area contributed by atoms with E-state index in [2.05, 4.69) is 0 Å². The van der Waals surface area contributed by atoms with Crippen LogP contribution in [-0.2, 0) is 57.0 Å². The summed E-state index contributed by atoms with van der Waals surface area (Å²) in [5.41, 5.74) is 0. The van der Waals surface area contributed by atoms with Gasteiger partial charge in [-0.15, -0.1) is 4.73 Å². The van der Waals surface area contributed by atoms with Gasteiger partial charge >= 0.3 is 5.97 Å². The van der Waals surface area contributed by atoms with Crippen molar-refractivity contribution >= 4 is 11.9 Å². The topological polar surface area (TPSA) is 184 Å². The van der Waals surface area contributed by atoms with E-state index >= 15 is 0 Å². The summed E-state index contributed by atoms with van der Waals surface area (Å²) in [5.74, 6) is -1.29. The normalized spacial score (nSPS) is 11.3. The molecule has 51 heavy (non-hydrogen) atoms. The summed E-state index contributed by atoms with van der Waals surface area (Å²) in [5, 5.41) is 19.0. The zero-order chi connectivity index (χ0) is 37.0. The lowest BCUT2D eigenvalue weighted by Crippen LogP contribution is -2.31. The fourth-order valence-electron chi connectivity index (χ4n) is 4.18. The Labute approximate surface area is 302 Å². The molecule has 0 fully saturated rings. The fraction of sp³-hybridized carbons (Fsp3) is 0.824. The van der Waals surface area contributed by atoms with Crippen molar-refractivity contribution in [3.8, 4) is 11.8 Å². The highest BCUT2D eigenvalue weighted by molar-refractivity contribution is 5.73. The number of hydrogen-bond donors (Lipinski definition) is 2. The lowest BCUT2D eigenvalue weighted by Gasteiger charge is -2.21. The molecule has 0 aliphatic rings. The molecule has 1 rings (SSSR count). The van der Waals surface area contributed by atoms with Gasteiger partial charge in [-0.2, -0.15) is 0 Å². The maximum absolute atomic E-state index is 12.0. The van der Waals surface area contributed by atoms with Gasteiger partial charge in [0.25, 0.3) is 0 Å². The van der Waals surface area contributed by atoms with E-state index in [1.165, 1.54) is 19.1 Å². The van der Waals surface area contributed by atoms with E-state index in [1.807, 2.05) is 0 Å². The average molecular weight is 739 g/mol. The third kappa shape index (κ3) is 28.7. The Morgan fingerprint density at radius 3 is 1.25 bits per heavy atom. The summed E-state index contributed by atoms with van der Waals surface area (Å²) in [4.78, 5) is 30.5. The summed E-state index contributed by atoms with van der Waals surface area (Å²) >= 11 is 0. The maximum atomic E-state index is 12.0. The highest BCUT2D eigenvalue weighted by atomic mass is 16.7. The number of unbranched alkanes of at least 4 members (excludes halogenated alkanes) is 2. The van der Waals surface area contributed by atoms with Crippen LogP contribution in [0.2, 0.25) is 0 Å². The largest absolute Gasteiger partial charge is 0.492 e. The zero-order valence-corrected chi connectivity index (χ0v) is 30.6. The Balaban J connectivity index is 1.77.